The average molecular weight is 320 g/mol. The van der Waals surface area contributed by atoms with Crippen molar-refractivity contribution in [3.63, 3.8) is 0 Å². The first-order valence-electron chi connectivity index (χ1n) is 6.36. The van der Waals surface area contributed by atoms with Gasteiger partial charge in [0.1, 0.15) is 11.5 Å². The molecule has 116 valence electrons. The van der Waals surface area contributed by atoms with Crippen molar-refractivity contribution in [1.29, 1.82) is 0 Å². The lowest BCUT2D eigenvalue weighted by Crippen LogP contribution is -2.20. The number of hydrogen-bond donors (Lipinski definition) is 2. The number of ether oxygens (including phenoxy) is 2. The van der Waals surface area contributed by atoms with Crippen LogP contribution in [0.3, 0.4) is 0 Å². The van der Waals surface area contributed by atoms with E-state index in [1.807, 2.05) is 0 Å². The number of nitrogen functional groups attached to an aromatic ring is 1. The smallest absolute Gasteiger partial charge is 0.246 e. The fourth-order valence-electron chi connectivity index (χ4n) is 1.72. The summed E-state index contributed by atoms with van der Waals surface area (Å²) in [7, 11) is 3.13. The number of thiazole rings is 1. The lowest BCUT2D eigenvalue weighted by molar-refractivity contribution is -0.120. The number of aromatic nitrogens is 1. The second-order valence-corrected chi connectivity index (χ2v) is 5.14. The molecule has 3 N–H and O–H groups in total. The number of anilines is 1. The molecule has 1 amide bonds. The second-order valence-electron chi connectivity index (χ2n) is 4.25. The second kappa shape index (κ2) is 7.41. The van der Waals surface area contributed by atoms with Gasteiger partial charge in [-0.3, -0.25) is 4.79 Å². The maximum absolute atomic E-state index is 11.7. The summed E-state index contributed by atoms with van der Waals surface area (Å²) in [5.74, 6) is 1.03. The fraction of sp³-hybridized carbons (Fsp3) is 0.214. The highest BCUT2D eigenvalue weighted by atomic mass is 32.1. The first-order chi connectivity index (χ1) is 10.6. The van der Waals surface area contributed by atoms with Gasteiger partial charge in [-0.25, -0.2) is 10.4 Å². The number of nitrogens with zero attached hydrogens (tertiary/aromatic N) is 2. The summed E-state index contributed by atoms with van der Waals surface area (Å²) < 4.78 is 10.4. The molecule has 8 heteroatoms. The van der Waals surface area contributed by atoms with Crippen molar-refractivity contribution in [3.05, 3.63) is 34.8 Å². The van der Waals surface area contributed by atoms with Gasteiger partial charge in [0, 0.05) is 10.9 Å². The minimum atomic E-state index is -0.275. The topological polar surface area (TPSA) is 98.8 Å². The molecule has 0 unspecified atom stereocenters. The molecule has 0 saturated heterocycles. The van der Waals surface area contributed by atoms with Crippen LogP contribution in [0.5, 0.6) is 11.5 Å². The third-order valence-electron chi connectivity index (χ3n) is 2.74. The lowest BCUT2D eigenvalue weighted by atomic mass is 10.2. The van der Waals surface area contributed by atoms with Crippen molar-refractivity contribution in [2.75, 3.05) is 20.0 Å². The largest absolute Gasteiger partial charge is 0.497 e. The van der Waals surface area contributed by atoms with Crippen LogP contribution in [0, 0.1) is 0 Å². The number of amides is 1. The molecule has 0 aliphatic rings. The van der Waals surface area contributed by atoms with E-state index in [-0.39, 0.29) is 12.3 Å². The Hall–Kier alpha value is -2.61. The van der Waals surface area contributed by atoms with E-state index in [2.05, 4.69) is 15.5 Å². The Bertz CT molecular complexity index is 684. The Balaban J connectivity index is 1.98. The number of hydrazone groups is 1. The molecule has 0 aliphatic carbocycles. The predicted molar refractivity (Wildman–Crippen MR) is 85.5 cm³/mol. The molecule has 7 nitrogen and oxygen atoms in total. The van der Waals surface area contributed by atoms with E-state index in [1.165, 1.54) is 17.6 Å². The summed E-state index contributed by atoms with van der Waals surface area (Å²) in [5, 5.41) is 6.09. The zero-order valence-electron chi connectivity index (χ0n) is 12.2. The molecule has 0 atom stereocenters. The number of rotatable bonds is 6. The van der Waals surface area contributed by atoms with Crippen LogP contribution in [-0.2, 0) is 11.2 Å². The van der Waals surface area contributed by atoms with E-state index in [1.54, 1.807) is 37.8 Å². The highest BCUT2D eigenvalue weighted by molar-refractivity contribution is 7.13. The van der Waals surface area contributed by atoms with Crippen molar-refractivity contribution < 1.29 is 14.3 Å². The minimum Gasteiger partial charge on any atom is -0.497 e. The molecule has 2 rings (SSSR count). The maximum atomic E-state index is 11.7. The molecule has 0 saturated carbocycles. The SMILES string of the molecule is COc1ccc(OC)c(/C=N/NC(=O)Cc2csc(N)n2)c1. The van der Waals surface area contributed by atoms with Gasteiger partial charge in [0.05, 0.1) is 32.5 Å². The number of hydrogen-bond acceptors (Lipinski definition) is 7. The van der Waals surface area contributed by atoms with Crippen LogP contribution >= 0.6 is 11.3 Å². The molecule has 1 aromatic carbocycles. The highest BCUT2D eigenvalue weighted by Gasteiger charge is 2.06. The van der Waals surface area contributed by atoms with E-state index in [4.69, 9.17) is 15.2 Å². The van der Waals surface area contributed by atoms with Gasteiger partial charge in [0.15, 0.2) is 5.13 Å². The van der Waals surface area contributed by atoms with Crippen LogP contribution in [0.2, 0.25) is 0 Å². The number of carbonyl (C=O) groups excluding carboxylic acids is 1. The van der Waals surface area contributed by atoms with Gasteiger partial charge in [-0.05, 0) is 18.2 Å². The van der Waals surface area contributed by atoms with Gasteiger partial charge in [-0.15, -0.1) is 11.3 Å². The minimum absolute atomic E-state index is 0.125. The number of nitrogens with two attached hydrogens (primary N) is 1. The van der Waals surface area contributed by atoms with E-state index < -0.39 is 0 Å². The summed E-state index contributed by atoms with van der Waals surface area (Å²) in [6.07, 6.45) is 1.62. The van der Waals surface area contributed by atoms with E-state index in [0.717, 1.165) is 0 Å². The first kappa shape index (κ1) is 15.8. The van der Waals surface area contributed by atoms with Crippen molar-refractivity contribution in [3.8, 4) is 11.5 Å². The van der Waals surface area contributed by atoms with Gasteiger partial charge >= 0.3 is 0 Å². The van der Waals surface area contributed by atoms with E-state index >= 15 is 0 Å². The van der Waals surface area contributed by atoms with Crippen molar-refractivity contribution in [2.24, 2.45) is 5.10 Å². The van der Waals surface area contributed by atoms with Crippen molar-refractivity contribution in [2.45, 2.75) is 6.42 Å². The maximum Gasteiger partial charge on any atom is 0.246 e. The number of nitrogens with one attached hydrogen (secondary N) is 1. The van der Waals surface area contributed by atoms with Gasteiger partial charge in [-0.1, -0.05) is 0 Å². The molecule has 1 aromatic heterocycles. The van der Waals surface area contributed by atoms with Gasteiger partial charge in [0.25, 0.3) is 0 Å². The third-order valence-corrected chi connectivity index (χ3v) is 3.46. The summed E-state index contributed by atoms with van der Waals surface area (Å²) >= 11 is 1.29. The van der Waals surface area contributed by atoms with Crippen LogP contribution < -0.4 is 20.6 Å². The van der Waals surface area contributed by atoms with Gasteiger partial charge in [-0.2, -0.15) is 5.10 Å². The Morgan fingerprint density at radius 1 is 1.45 bits per heavy atom. The zero-order valence-corrected chi connectivity index (χ0v) is 13.0. The Morgan fingerprint density at radius 3 is 2.91 bits per heavy atom. The first-order valence-corrected chi connectivity index (χ1v) is 7.24. The third kappa shape index (κ3) is 4.19. The predicted octanol–water partition coefficient (Wildman–Crippen LogP) is 1.44. The zero-order chi connectivity index (χ0) is 15.9. The molecular formula is C14H16N4O3S. The monoisotopic (exact) mass is 320 g/mol. The summed E-state index contributed by atoms with van der Waals surface area (Å²) in [6.45, 7) is 0. The number of carbonyl (C=O) groups is 1. The molecular weight excluding hydrogens is 304 g/mol. The molecule has 1 heterocycles. The number of benzene rings is 1. The van der Waals surface area contributed by atoms with Crippen LogP contribution in [0.15, 0.2) is 28.7 Å². The van der Waals surface area contributed by atoms with Crippen LogP contribution in [0.25, 0.3) is 0 Å². The van der Waals surface area contributed by atoms with Crippen LogP contribution in [-0.4, -0.2) is 31.3 Å². The molecule has 0 fully saturated rings. The Labute approximate surface area is 131 Å². The Morgan fingerprint density at radius 2 is 2.27 bits per heavy atom. The Kier molecular flexibility index (Phi) is 5.31. The normalized spacial score (nSPS) is 10.6. The molecule has 2 aromatic rings. The molecule has 0 bridgehead atoms. The standard InChI is InChI=1S/C14H16N4O3S/c1-20-11-3-4-12(21-2)9(5-11)7-16-18-13(19)6-10-8-22-14(15)17-10/h3-5,7-8H,6H2,1-2H3,(H2,15,17)(H,18,19)/b16-7+. The van der Waals surface area contributed by atoms with E-state index in [9.17, 15) is 4.79 Å². The molecule has 22 heavy (non-hydrogen) atoms. The van der Waals surface area contributed by atoms with Crippen molar-refractivity contribution in [1.82, 2.24) is 10.4 Å². The van der Waals surface area contributed by atoms with Gasteiger partial charge in [0.2, 0.25) is 5.91 Å². The fourth-order valence-corrected chi connectivity index (χ4v) is 2.28. The van der Waals surface area contributed by atoms with Gasteiger partial charge < -0.3 is 15.2 Å². The van der Waals surface area contributed by atoms with Crippen LogP contribution in [0.4, 0.5) is 5.13 Å². The van der Waals surface area contributed by atoms with Crippen molar-refractivity contribution >= 4 is 28.6 Å². The molecule has 0 radical (unpaired) electrons. The quantitative estimate of drug-likeness (QED) is 0.620. The summed E-state index contributed by atoms with van der Waals surface area (Å²) in [6, 6.07) is 5.30. The molecule has 0 aliphatic heterocycles. The van der Waals surface area contributed by atoms with Crippen LogP contribution in [0.1, 0.15) is 11.3 Å². The summed E-state index contributed by atoms with van der Waals surface area (Å²) in [4.78, 5) is 15.7. The molecule has 0 spiro atoms. The van der Waals surface area contributed by atoms with E-state index in [0.29, 0.717) is 27.9 Å². The lowest BCUT2D eigenvalue weighted by Gasteiger charge is -2.06. The average Bonchev–Trinajstić information content (AvgIpc) is 2.92. The number of methoxy groups -OCH3 is 2. The summed E-state index contributed by atoms with van der Waals surface area (Å²) in [5.41, 5.74) is 9.26. The highest BCUT2D eigenvalue weighted by Crippen LogP contribution is 2.22.